The molecule has 0 N–H and O–H groups in total. The van der Waals surface area contributed by atoms with Gasteiger partial charge in [0, 0.05) is 43.9 Å². The van der Waals surface area contributed by atoms with Crippen LogP contribution in [0.3, 0.4) is 0 Å². The molecule has 0 radical (unpaired) electrons. The number of anilines is 1. The van der Waals surface area contributed by atoms with Gasteiger partial charge in [-0.2, -0.15) is 0 Å². The molecule has 1 atom stereocenters. The molecule has 1 aliphatic rings. The maximum Gasteiger partial charge on any atom is 0.134 e. The average molecular weight is 347 g/mol. The second kappa shape index (κ2) is 7.11. The Kier molecular flexibility index (Phi) is 5.10. The molecule has 7 heteroatoms. The highest BCUT2D eigenvalue weighted by molar-refractivity contribution is 7.11. The highest BCUT2D eigenvalue weighted by atomic mass is 32.1. The number of rotatable bonds is 4. The number of aromatic nitrogens is 4. The van der Waals surface area contributed by atoms with Crippen molar-refractivity contribution in [2.24, 2.45) is 0 Å². The van der Waals surface area contributed by atoms with E-state index in [1.807, 2.05) is 13.8 Å². The molecule has 3 rings (SSSR count). The first kappa shape index (κ1) is 17.2. The Labute approximate surface area is 148 Å². The van der Waals surface area contributed by atoms with Gasteiger partial charge in [-0.15, -0.1) is 21.5 Å². The zero-order chi connectivity index (χ0) is 17.3. The van der Waals surface area contributed by atoms with E-state index in [2.05, 4.69) is 51.8 Å². The first-order valence-electron chi connectivity index (χ1n) is 8.58. The van der Waals surface area contributed by atoms with Gasteiger partial charge in [0.25, 0.3) is 0 Å². The van der Waals surface area contributed by atoms with Gasteiger partial charge in [0.15, 0.2) is 0 Å². The zero-order valence-corrected chi connectivity index (χ0v) is 16.0. The summed E-state index contributed by atoms with van der Waals surface area (Å²) in [5.41, 5.74) is 1.05. The molecule has 24 heavy (non-hydrogen) atoms. The van der Waals surface area contributed by atoms with E-state index in [-0.39, 0.29) is 0 Å². The van der Waals surface area contributed by atoms with Gasteiger partial charge in [-0.3, -0.25) is 4.90 Å². The minimum atomic E-state index is 0.330. The van der Waals surface area contributed by atoms with Crippen molar-refractivity contribution in [2.45, 2.75) is 46.6 Å². The van der Waals surface area contributed by atoms with Crippen LogP contribution in [-0.2, 0) is 0 Å². The van der Waals surface area contributed by atoms with E-state index in [9.17, 15) is 0 Å². The third kappa shape index (κ3) is 3.72. The van der Waals surface area contributed by atoms with Crippen molar-refractivity contribution >= 4 is 17.2 Å². The Bertz CT molecular complexity index is 690. The standard InChI is InChI=1S/C17H26N6S/c1-11(2)16-18-12(3)10-15(19-16)23-8-6-22(7-9-23)13(4)17-21-20-14(5)24-17/h10-11,13H,6-9H2,1-5H3/t13-/m0/s1. The van der Waals surface area contributed by atoms with Crippen LogP contribution in [0.25, 0.3) is 0 Å². The lowest BCUT2D eigenvalue weighted by atomic mass is 10.2. The fourth-order valence-corrected chi connectivity index (χ4v) is 3.76. The molecule has 0 aliphatic carbocycles. The Balaban J connectivity index is 1.67. The highest BCUT2D eigenvalue weighted by Gasteiger charge is 2.25. The lowest BCUT2D eigenvalue weighted by molar-refractivity contribution is 0.197. The summed E-state index contributed by atoms with van der Waals surface area (Å²) in [4.78, 5) is 14.2. The average Bonchev–Trinajstić information content (AvgIpc) is 3.00. The van der Waals surface area contributed by atoms with Gasteiger partial charge >= 0.3 is 0 Å². The summed E-state index contributed by atoms with van der Waals surface area (Å²) in [5.74, 6) is 2.35. The number of aryl methyl sites for hydroxylation is 2. The van der Waals surface area contributed by atoms with Crippen molar-refractivity contribution in [1.29, 1.82) is 0 Å². The summed E-state index contributed by atoms with van der Waals surface area (Å²) in [6.07, 6.45) is 0. The van der Waals surface area contributed by atoms with Crippen LogP contribution in [-0.4, -0.2) is 51.2 Å². The van der Waals surface area contributed by atoms with Crippen molar-refractivity contribution in [3.8, 4) is 0 Å². The van der Waals surface area contributed by atoms with Crippen LogP contribution >= 0.6 is 11.3 Å². The molecule has 0 saturated carbocycles. The van der Waals surface area contributed by atoms with E-state index in [4.69, 9.17) is 4.98 Å². The van der Waals surface area contributed by atoms with Crippen LogP contribution in [0.15, 0.2) is 6.07 Å². The monoisotopic (exact) mass is 346 g/mol. The van der Waals surface area contributed by atoms with Gasteiger partial charge < -0.3 is 4.90 Å². The lowest BCUT2D eigenvalue weighted by Gasteiger charge is -2.38. The van der Waals surface area contributed by atoms with E-state index < -0.39 is 0 Å². The smallest absolute Gasteiger partial charge is 0.134 e. The molecular formula is C17H26N6S. The van der Waals surface area contributed by atoms with E-state index in [0.717, 1.165) is 53.5 Å². The van der Waals surface area contributed by atoms with Crippen molar-refractivity contribution in [2.75, 3.05) is 31.1 Å². The van der Waals surface area contributed by atoms with Gasteiger partial charge in [0.05, 0.1) is 6.04 Å². The second-order valence-electron chi connectivity index (χ2n) is 6.74. The van der Waals surface area contributed by atoms with Crippen LogP contribution in [0.5, 0.6) is 0 Å². The van der Waals surface area contributed by atoms with E-state index >= 15 is 0 Å². The molecule has 1 aliphatic heterocycles. The van der Waals surface area contributed by atoms with E-state index in [0.29, 0.717) is 12.0 Å². The normalized spacial score (nSPS) is 17.5. The summed E-state index contributed by atoms with van der Waals surface area (Å²) < 4.78 is 0. The van der Waals surface area contributed by atoms with Gasteiger partial charge in [0.2, 0.25) is 0 Å². The van der Waals surface area contributed by atoms with E-state index in [1.54, 1.807) is 11.3 Å². The molecule has 0 amide bonds. The highest BCUT2D eigenvalue weighted by Crippen LogP contribution is 2.26. The third-order valence-corrected chi connectivity index (χ3v) is 5.47. The SMILES string of the molecule is Cc1cc(N2CCN([C@@H](C)c3nnc(C)s3)CC2)nc(C(C)C)n1. The Morgan fingerprint density at radius 2 is 1.71 bits per heavy atom. The molecule has 130 valence electrons. The second-order valence-corrected chi connectivity index (χ2v) is 7.95. The fourth-order valence-electron chi connectivity index (χ4n) is 2.97. The van der Waals surface area contributed by atoms with Crippen LogP contribution in [0, 0.1) is 13.8 Å². The van der Waals surface area contributed by atoms with Crippen molar-refractivity contribution in [3.63, 3.8) is 0 Å². The molecule has 3 heterocycles. The molecule has 0 bridgehead atoms. The molecule has 6 nitrogen and oxygen atoms in total. The fraction of sp³-hybridized carbons (Fsp3) is 0.647. The molecule has 1 saturated heterocycles. The topological polar surface area (TPSA) is 58.0 Å². The van der Waals surface area contributed by atoms with E-state index in [1.165, 1.54) is 0 Å². The first-order valence-corrected chi connectivity index (χ1v) is 9.40. The predicted molar refractivity (Wildman–Crippen MR) is 97.7 cm³/mol. The molecule has 2 aromatic heterocycles. The molecule has 1 fully saturated rings. The van der Waals surface area contributed by atoms with Gasteiger partial charge in [-0.05, 0) is 20.8 Å². The number of hydrogen-bond acceptors (Lipinski definition) is 7. The molecular weight excluding hydrogens is 320 g/mol. The Morgan fingerprint density at radius 1 is 1.00 bits per heavy atom. The summed E-state index contributed by atoms with van der Waals surface area (Å²) in [7, 11) is 0. The maximum atomic E-state index is 4.76. The summed E-state index contributed by atoms with van der Waals surface area (Å²) in [6, 6.07) is 2.43. The van der Waals surface area contributed by atoms with Crippen molar-refractivity contribution in [3.05, 3.63) is 27.6 Å². The zero-order valence-electron chi connectivity index (χ0n) is 15.2. The van der Waals surface area contributed by atoms with Crippen molar-refractivity contribution < 1.29 is 0 Å². The molecule has 2 aromatic rings. The Hall–Kier alpha value is -1.60. The number of nitrogens with zero attached hydrogens (tertiary/aromatic N) is 6. The number of piperazine rings is 1. The third-order valence-electron chi connectivity index (χ3n) is 4.46. The minimum absolute atomic E-state index is 0.330. The summed E-state index contributed by atoms with van der Waals surface area (Å²) in [6.45, 7) is 14.6. The van der Waals surface area contributed by atoms with Gasteiger partial charge in [-0.25, -0.2) is 9.97 Å². The summed E-state index contributed by atoms with van der Waals surface area (Å²) >= 11 is 1.70. The maximum absolute atomic E-state index is 4.76. The van der Waals surface area contributed by atoms with Gasteiger partial charge in [0.1, 0.15) is 21.7 Å². The predicted octanol–water partition coefficient (Wildman–Crippen LogP) is 2.95. The molecule has 0 unspecified atom stereocenters. The minimum Gasteiger partial charge on any atom is -0.354 e. The largest absolute Gasteiger partial charge is 0.354 e. The van der Waals surface area contributed by atoms with Crippen LogP contribution in [0.1, 0.15) is 54.3 Å². The van der Waals surface area contributed by atoms with Crippen molar-refractivity contribution in [1.82, 2.24) is 25.1 Å². The number of hydrogen-bond donors (Lipinski definition) is 0. The first-order chi connectivity index (χ1) is 11.4. The van der Waals surface area contributed by atoms with Crippen LogP contribution < -0.4 is 4.90 Å². The Morgan fingerprint density at radius 3 is 2.29 bits per heavy atom. The van der Waals surface area contributed by atoms with Gasteiger partial charge in [-0.1, -0.05) is 13.8 Å². The molecule has 0 spiro atoms. The molecule has 0 aromatic carbocycles. The van der Waals surface area contributed by atoms with Crippen LogP contribution in [0.2, 0.25) is 0 Å². The van der Waals surface area contributed by atoms with Crippen LogP contribution in [0.4, 0.5) is 5.82 Å². The quantitative estimate of drug-likeness (QED) is 0.848. The lowest BCUT2D eigenvalue weighted by Crippen LogP contribution is -2.47. The summed E-state index contributed by atoms with van der Waals surface area (Å²) in [5, 5.41) is 10.6.